The van der Waals surface area contributed by atoms with Crippen molar-refractivity contribution in [1.29, 1.82) is 5.26 Å². The van der Waals surface area contributed by atoms with E-state index in [0.717, 1.165) is 27.5 Å². The van der Waals surface area contributed by atoms with Crippen molar-refractivity contribution in [3.8, 4) is 17.6 Å². The van der Waals surface area contributed by atoms with Gasteiger partial charge < -0.3 is 14.8 Å². The third kappa shape index (κ3) is 3.01. The molecule has 0 aliphatic carbocycles. The summed E-state index contributed by atoms with van der Waals surface area (Å²) in [5.41, 5.74) is 2.55. The van der Waals surface area contributed by atoms with E-state index in [4.69, 9.17) is 9.47 Å². The normalized spacial score (nSPS) is 12.0. The van der Waals surface area contributed by atoms with E-state index in [1.165, 1.54) is 11.3 Å². The van der Waals surface area contributed by atoms with Gasteiger partial charge in [-0.05, 0) is 30.2 Å². The fourth-order valence-corrected chi connectivity index (χ4v) is 3.61. The van der Waals surface area contributed by atoms with E-state index in [-0.39, 0.29) is 12.7 Å². The Kier molecular flexibility index (Phi) is 4.22. The van der Waals surface area contributed by atoms with Gasteiger partial charge in [0.2, 0.25) is 12.7 Å². The molecule has 3 rings (SSSR count). The van der Waals surface area contributed by atoms with Crippen LogP contribution in [-0.2, 0) is 11.2 Å². The summed E-state index contributed by atoms with van der Waals surface area (Å²) in [6.07, 6.45) is 1.07. The summed E-state index contributed by atoms with van der Waals surface area (Å²) in [4.78, 5) is 12.7. The highest BCUT2D eigenvalue weighted by Gasteiger charge is 2.18. The number of nitrogens with one attached hydrogen (secondary N) is 1. The van der Waals surface area contributed by atoms with Crippen LogP contribution in [0.1, 0.15) is 34.9 Å². The van der Waals surface area contributed by atoms with E-state index < -0.39 is 0 Å². The molecular formula is C17H16N2O3S. The number of carbonyl (C=O) groups is 1. The van der Waals surface area contributed by atoms with E-state index in [9.17, 15) is 10.1 Å². The lowest BCUT2D eigenvalue weighted by Gasteiger charge is -2.02. The minimum Gasteiger partial charge on any atom is -0.454 e. The molecule has 0 bridgehead atoms. The zero-order chi connectivity index (χ0) is 16.4. The maximum Gasteiger partial charge on any atom is 0.231 e. The first kappa shape index (κ1) is 15.4. The van der Waals surface area contributed by atoms with Crippen LogP contribution in [0.15, 0.2) is 18.2 Å². The van der Waals surface area contributed by atoms with E-state index in [1.54, 1.807) is 6.92 Å². The van der Waals surface area contributed by atoms with Gasteiger partial charge in [-0.1, -0.05) is 13.0 Å². The first-order valence-corrected chi connectivity index (χ1v) is 8.14. The van der Waals surface area contributed by atoms with E-state index in [2.05, 4.69) is 11.4 Å². The van der Waals surface area contributed by atoms with Crippen molar-refractivity contribution in [2.45, 2.75) is 26.7 Å². The summed E-state index contributed by atoms with van der Waals surface area (Å²) in [7, 11) is 0. The molecule has 0 unspecified atom stereocenters. The van der Waals surface area contributed by atoms with Gasteiger partial charge in [-0.3, -0.25) is 4.79 Å². The summed E-state index contributed by atoms with van der Waals surface area (Å²) in [5, 5.41) is 12.8. The van der Waals surface area contributed by atoms with Crippen molar-refractivity contribution in [3.05, 3.63) is 39.8 Å². The molecule has 1 N–H and O–H groups in total. The second-order valence-electron chi connectivity index (χ2n) is 5.23. The Bertz CT molecular complexity index is 805. The predicted octanol–water partition coefficient (Wildman–Crippen LogP) is 3.60. The summed E-state index contributed by atoms with van der Waals surface area (Å²) in [5.74, 6) is 1.42. The molecule has 118 valence electrons. The first-order valence-electron chi connectivity index (χ1n) is 7.33. The van der Waals surface area contributed by atoms with E-state index in [0.29, 0.717) is 23.4 Å². The number of fused-ring (bicyclic) bond motifs is 1. The molecule has 1 aromatic heterocycles. The second kappa shape index (κ2) is 6.31. The Morgan fingerprint density at radius 3 is 2.91 bits per heavy atom. The van der Waals surface area contributed by atoms with Gasteiger partial charge >= 0.3 is 0 Å². The quantitative estimate of drug-likeness (QED) is 0.931. The van der Waals surface area contributed by atoms with Crippen LogP contribution < -0.4 is 14.8 Å². The molecule has 6 heteroatoms. The van der Waals surface area contributed by atoms with Crippen molar-refractivity contribution >= 4 is 22.2 Å². The fraction of sp³-hybridized carbons (Fsp3) is 0.294. The highest BCUT2D eigenvalue weighted by molar-refractivity contribution is 7.16. The highest BCUT2D eigenvalue weighted by Crippen LogP contribution is 2.37. The lowest BCUT2D eigenvalue weighted by atomic mass is 10.1. The fourth-order valence-electron chi connectivity index (χ4n) is 2.40. The van der Waals surface area contributed by atoms with Gasteiger partial charge in [-0.2, -0.15) is 5.26 Å². The molecule has 0 radical (unpaired) electrons. The lowest BCUT2D eigenvalue weighted by molar-refractivity contribution is -0.115. The van der Waals surface area contributed by atoms with Gasteiger partial charge in [0, 0.05) is 17.7 Å². The van der Waals surface area contributed by atoms with Gasteiger partial charge in [0.1, 0.15) is 11.1 Å². The van der Waals surface area contributed by atoms with Crippen molar-refractivity contribution in [3.63, 3.8) is 0 Å². The number of thiophene rings is 1. The van der Waals surface area contributed by atoms with Crippen LogP contribution >= 0.6 is 11.3 Å². The molecule has 5 nitrogen and oxygen atoms in total. The van der Waals surface area contributed by atoms with Gasteiger partial charge in [0.15, 0.2) is 11.5 Å². The standard InChI is InChI=1S/C17H16N2O3S/c1-3-16(20)19-17-12(8-18)10(2)15(23-17)7-11-4-5-13-14(6-11)22-9-21-13/h4-6H,3,7,9H2,1-2H3,(H,19,20). The molecule has 0 saturated carbocycles. The molecule has 1 aliphatic rings. The zero-order valence-corrected chi connectivity index (χ0v) is 13.8. The third-order valence-corrected chi connectivity index (χ3v) is 4.94. The van der Waals surface area contributed by atoms with Gasteiger partial charge in [0.25, 0.3) is 0 Å². The summed E-state index contributed by atoms with van der Waals surface area (Å²) in [6.45, 7) is 3.96. The van der Waals surface area contributed by atoms with Crippen LogP contribution in [0.4, 0.5) is 5.00 Å². The van der Waals surface area contributed by atoms with E-state index >= 15 is 0 Å². The maximum absolute atomic E-state index is 11.6. The summed E-state index contributed by atoms with van der Waals surface area (Å²) in [6, 6.07) is 8.03. The summed E-state index contributed by atoms with van der Waals surface area (Å²) >= 11 is 1.46. The molecule has 0 saturated heterocycles. The van der Waals surface area contributed by atoms with Crippen LogP contribution in [0.2, 0.25) is 0 Å². The van der Waals surface area contributed by atoms with Crippen LogP contribution in [-0.4, -0.2) is 12.7 Å². The Morgan fingerprint density at radius 2 is 2.17 bits per heavy atom. The molecule has 0 spiro atoms. The second-order valence-corrected chi connectivity index (χ2v) is 6.34. The molecule has 1 amide bonds. The largest absolute Gasteiger partial charge is 0.454 e. The van der Waals surface area contributed by atoms with Crippen molar-refractivity contribution in [2.24, 2.45) is 0 Å². The van der Waals surface area contributed by atoms with Crippen LogP contribution in [0, 0.1) is 18.3 Å². The molecule has 1 aliphatic heterocycles. The molecule has 0 atom stereocenters. The first-order chi connectivity index (χ1) is 11.1. The monoisotopic (exact) mass is 328 g/mol. The SMILES string of the molecule is CCC(=O)Nc1sc(Cc2ccc3c(c2)OCO3)c(C)c1C#N. The number of amides is 1. The molecular weight excluding hydrogens is 312 g/mol. The molecule has 2 aromatic rings. The Labute approximate surface area is 138 Å². The van der Waals surface area contributed by atoms with E-state index in [1.807, 2.05) is 25.1 Å². The molecule has 0 fully saturated rings. The Morgan fingerprint density at radius 1 is 1.39 bits per heavy atom. The molecule has 2 heterocycles. The number of hydrogen-bond donors (Lipinski definition) is 1. The number of benzene rings is 1. The topological polar surface area (TPSA) is 71.3 Å². The average Bonchev–Trinajstić information content (AvgIpc) is 3.12. The minimum absolute atomic E-state index is 0.0858. The number of hydrogen-bond acceptors (Lipinski definition) is 5. The number of carbonyl (C=O) groups excluding carboxylic acids is 1. The Balaban J connectivity index is 1.88. The number of nitrogens with zero attached hydrogens (tertiary/aromatic N) is 1. The lowest BCUT2D eigenvalue weighted by Crippen LogP contribution is -2.09. The van der Waals surface area contributed by atoms with Crippen molar-refractivity contribution in [1.82, 2.24) is 0 Å². The highest BCUT2D eigenvalue weighted by atomic mass is 32.1. The van der Waals surface area contributed by atoms with Gasteiger partial charge in [-0.15, -0.1) is 11.3 Å². The minimum atomic E-state index is -0.0858. The molecule has 1 aromatic carbocycles. The third-order valence-electron chi connectivity index (χ3n) is 3.73. The van der Waals surface area contributed by atoms with Crippen molar-refractivity contribution < 1.29 is 14.3 Å². The predicted molar refractivity (Wildman–Crippen MR) is 88.1 cm³/mol. The number of rotatable bonds is 4. The van der Waals surface area contributed by atoms with Gasteiger partial charge in [-0.25, -0.2) is 0 Å². The smallest absolute Gasteiger partial charge is 0.231 e. The molecule has 23 heavy (non-hydrogen) atoms. The zero-order valence-electron chi connectivity index (χ0n) is 12.9. The van der Waals surface area contributed by atoms with Crippen LogP contribution in [0.3, 0.4) is 0 Å². The maximum atomic E-state index is 11.6. The van der Waals surface area contributed by atoms with Crippen LogP contribution in [0.5, 0.6) is 11.5 Å². The number of anilines is 1. The van der Waals surface area contributed by atoms with Gasteiger partial charge in [0.05, 0.1) is 5.56 Å². The summed E-state index contributed by atoms with van der Waals surface area (Å²) < 4.78 is 10.7. The van der Waals surface area contributed by atoms with Crippen molar-refractivity contribution in [2.75, 3.05) is 12.1 Å². The number of nitriles is 1. The number of ether oxygens (including phenoxy) is 2. The Hall–Kier alpha value is -2.52. The van der Waals surface area contributed by atoms with Crippen LogP contribution in [0.25, 0.3) is 0 Å². The average molecular weight is 328 g/mol.